The average molecular weight is 437 g/mol. The molecule has 0 atom stereocenters. The molecule has 2 aliphatic rings. The van der Waals surface area contributed by atoms with Crippen LogP contribution in [0.3, 0.4) is 0 Å². The molecule has 0 N–H and O–H groups in total. The minimum Gasteiger partial charge on any atom is -0.353 e. The molecule has 0 aromatic carbocycles. The summed E-state index contributed by atoms with van der Waals surface area (Å²) in [5.74, 6) is 1.07. The summed E-state index contributed by atoms with van der Waals surface area (Å²) in [6, 6.07) is 5.15. The molecule has 0 radical (unpaired) electrons. The molecule has 2 aliphatic heterocycles. The third-order valence-electron chi connectivity index (χ3n) is 6.04. The van der Waals surface area contributed by atoms with E-state index in [9.17, 15) is 14.4 Å². The number of imide groups is 1. The summed E-state index contributed by atoms with van der Waals surface area (Å²) in [5.41, 5.74) is 2.86. The van der Waals surface area contributed by atoms with Crippen LogP contribution in [0.5, 0.6) is 0 Å². The topological polar surface area (TPSA) is 90.0 Å². The highest BCUT2D eigenvalue weighted by Crippen LogP contribution is 2.22. The first-order valence-corrected chi connectivity index (χ1v) is 10.9. The fraction of sp³-hybridized carbons (Fsp3) is 0.435. The van der Waals surface area contributed by atoms with Gasteiger partial charge in [-0.3, -0.25) is 19.4 Å². The van der Waals surface area contributed by atoms with Gasteiger partial charge in [-0.15, -0.1) is 0 Å². The summed E-state index contributed by atoms with van der Waals surface area (Å²) in [5, 5.41) is 0. The zero-order valence-electron chi connectivity index (χ0n) is 18.7. The Bertz CT molecular complexity index is 1030. The number of carbonyl (C=O) groups is 3. The number of piperazine rings is 1. The summed E-state index contributed by atoms with van der Waals surface area (Å²) in [6.45, 7) is 8.96. The number of anilines is 2. The van der Waals surface area contributed by atoms with Gasteiger partial charge in [-0.1, -0.05) is 13.0 Å². The Morgan fingerprint density at radius 1 is 1.00 bits per heavy atom. The molecule has 0 aliphatic carbocycles. The Morgan fingerprint density at radius 3 is 2.31 bits per heavy atom. The monoisotopic (exact) mass is 436 g/mol. The van der Waals surface area contributed by atoms with Gasteiger partial charge >= 0.3 is 6.03 Å². The highest BCUT2D eigenvalue weighted by molar-refractivity contribution is 6.03. The van der Waals surface area contributed by atoms with E-state index in [1.54, 1.807) is 12.1 Å². The van der Waals surface area contributed by atoms with E-state index in [1.807, 2.05) is 11.1 Å². The molecule has 2 aromatic heterocycles. The first kappa shape index (κ1) is 21.7. The van der Waals surface area contributed by atoms with Crippen LogP contribution in [0.25, 0.3) is 0 Å². The lowest BCUT2D eigenvalue weighted by Gasteiger charge is -2.36. The van der Waals surface area contributed by atoms with Crippen LogP contribution in [0.4, 0.5) is 16.4 Å². The zero-order valence-corrected chi connectivity index (χ0v) is 18.7. The van der Waals surface area contributed by atoms with E-state index in [0.717, 1.165) is 30.9 Å². The predicted octanol–water partition coefficient (Wildman–Crippen LogP) is 2.10. The van der Waals surface area contributed by atoms with Crippen LogP contribution in [0.2, 0.25) is 0 Å². The molecule has 0 unspecified atom stereocenters. The number of amides is 4. The second-order valence-corrected chi connectivity index (χ2v) is 8.13. The molecule has 2 fully saturated rings. The van der Waals surface area contributed by atoms with Crippen molar-refractivity contribution in [2.24, 2.45) is 0 Å². The molecule has 4 rings (SSSR count). The Kier molecular flexibility index (Phi) is 6.07. The fourth-order valence-corrected chi connectivity index (χ4v) is 4.17. The quantitative estimate of drug-likeness (QED) is 0.729. The Morgan fingerprint density at radius 2 is 1.75 bits per heavy atom. The van der Waals surface area contributed by atoms with E-state index in [4.69, 9.17) is 0 Å². The number of aryl methyl sites for hydroxylation is 2. The SMILES string of the molecule is CCc1cnc(N2CCN(C(=O)c3ccc(N4CCN(C(C)=O)C4=O)nc3)CC2)c(C)c1. The van der Waals surface area contributed by atoms with Gasteiger partial charge in [0.1, 0.15) is 11.6 Å². The lowest BCUT2D eigenvalue weighted by Crippen LogP contribution is -2.49. The van der Waals surface area contributed by atoms with E-state index in [0.29, 0.717) is 37.6 Å². The van der Waals surface area contributed by atoms with Gasteiger partial charge in [0.25, 0.3) is 5.91 Å². The van der Waals surface area contributed by atoms with Crippen molar-refractivity contribution in [1.29, 1.82) is 0 Å². The summed E-state index contributed by atoms with van der Waals surface area (Å²) < 4.78 is 0. The van der Waals surface area contributed by atoms with Crippen LogP contribution in [-0.2, 0) is 11.2 Å². The molecule has 0 saturated carbocycles. The van der Waals surface area contributed by atoms with E-state index in [-0.39, 0.29) is 17.8 Å². The largest absolute Gasteiger partial charge is 0.353 e. The molecule has 2 aromatic rings. The van der Waals surface area contributed by atoms with Gasteiger partial charge < -0.3 is 9.80 Å². The van der Waals surface area contributed by atoms with Crippen molar-refractivity contribution in [1.82, 2.24) is 19.8 Å². The highest BCUT2D eigenvalue weighted by Gasteiger charge is 2.33. The standard InChI is InChI=1S/C23H28N6O3/c1-4-18-13-16(2)21(25-14-18)26-7-9-27(10-8-26)22(31)19-5-6-20(24-15-19)29-12-11-28(17(3)30)23(29)32/h5-6,13-15H,4,7-12H2,1-3H3. The van der Waals surface area contributed by atoms with Crippen LogP contribution >= 0.6 is 0 Å². The maximum absolute atomic E-state index is 12.9. The molecule has 4 amide bonds. The third-order valence-corrected chi connectivity index (χ3v) is 6.04. The van der Waals surface area contributed by atoms with Crippen LogP contribution in [-0.4, -0.2) is 76.9 Å². The number of nitrogens with zero attached hydrogens (tertiary/aromatic N) is 6. The molecular weight excluding hydrogens is 408 g/mol. The number of rotatable bonds is 4. The van der Waals surface area contributed by atoms with Crippen LogP contribution < -0.4 is 9.80 Å². The van der Waals surface area contributed by atoms with Gasteiger partial charge in [0.2, 0.25) is 5.91 Å². The van der Waals surface area contributed by atoms with Crippen LogP contribution in [0, 0.1) is 6.92 Å². The Hall–Kier alpha value is -3.49. The molecule has 2 saturated heterocycles. The first-order chi connectivity index (χ1) is 15.4. The average Bonchev–Trinajstić information content (AvgIpc) is 3.20. The summed E-state index contributed by atoms with van der Waals surface area (Å²) >= 11 is 0. The molecule has 9 nitrogen and oxygen atoms in total. The van der Waals surface area contributed by atoms with Gasteiger partial charge in [0.15, 0.2) is 0 Å². The Labute approximate surface area is 187 Å². The fourth-order valence-electron chi connectivity index (χ4n) is 4.17. The van der Waals surface area contributed by atoms with Gasteiger partial charge in [-0.05, 0) is 36.6 Å². The summed E-state index contributed by atoms with van der Waals surface area (Å²) in [6.07, 6.45) is 4.39. The molecule has 0 spiro atoms. The number of hydrogen-bond donors (Lipinski definition) is 0. The van der Waals surface area contributed by atoms with Crippen LogP contribution in [0.1, 0.15) is 35.3 Å². The van der Waals surface area contributed by atoms with Crippen molar-refractivity contribution in [2.75, 3.05) is 49.1 Å². The predicted molar refractivity (Wildman–Crippen MR) is 121 cm³/mol. The summed E-state index contributed by atoms with van der Waals surface area (Å²) in [4.78, 5) is 52.4. The maximum atomic E-state index is 12.9. The number of carbonyl (C=O) groups excluding carboxylic acids is 3. The van der Waals surface area contributed by atoms with Crippen molar-refractivity contribution >= 4 is 29.5 Å². The van der Waals surface area contributed by atoms with Crippen molar-refractivity contribution in [2.45, 2.75) is 27.2 Å². The smallest absolute Gasteiger partial charge is 0.332 e. The van der Waals surface area contributed by atoms with Gasteiger partial charge in [-0.25, -0.2) is 14.8 Å². The normalized spacial score (nSPS) is 16.7. The van der Waals surface area contributed by atoms with Gasteiger partial charge in [0, 0.05) is 58.6 Å². The third kappa shape index (κ3) is 4.15. The lowest BCUT2D eigenvalue weighted by molar-refractivity contribution is -0.125. The van der Waals surface area contributed by atoms with Crippen molar-refractivity contribution in [3.05, 3.63) is 47.3 Å². The first-order valence-electron chi connectivity index (χ1n) is 10.9. The Balaban J connectivity index is 1.37. The van der Waals surface area contributed by atoms with Crippen LogP contribution in [0.15, 0.2) is 30.6 Å². The van der Waals surface area contributed by atoms with E-state index >= 15 is 0 Å². The second-order valence-electron chi connectivity index (χ2n) is 8.13. The zero-order chi connectivity index (χ0) is 22.8. The molecule has 168 valence electrons. The second kappa shape index (κ2) is 8.94. The number of hydrogen-bond acceptors (Lipinski definition) is 6. The van der Waals surface area contributed by atoms with E-state index in [1.165, 1.54) is 28.5 Å². The highest BCUT2D eigenvalue weighted by atomic mass is 16.2. The molecule has 4 heterocycles. The lowest BCUT2D eigenvalue weighted by atomic mass is 10.1. The number of pyridine rings is 2. The van der Waals surface area contributed by atoms with Crippen molar-refractivity contribution < 1.29 is 14.4 Å². The van der Waals surface area contributed by atoms with Gasteiger partial charge in [-0.2, -0.15) is 0 Å². The van der Waals surface area contributed by atoms with Crippen molar-refractivity contribution in [3.8, 4) is 0 Å². The minimum absolute atomic E-state index is 0.0761. The molecule has 0 bridgehead atoms. The number of aromatic nitrogens is 2. The van der Waals surface area contributed by atoms with E-state index in [2.05, 4.69) is 34.8 Å². The summed E-state index contributed by atoms with van der Waals surface area (Å²) in [7, 11) is 0. The van der Waals surface area contributed by atoms with Gasteiger partial charge in [0.05, 0.1) is 5.56 Å². The van der Waals surface area contributed by atoms with Crippen molar-refractivity contribution in [3.63, 3.8) is 0 Å². The molecule has 32 heavy (non-hydrogen) atoms. The minimum atomic E-state index is -0.379. The molecule has 9 heteroatoms. The number of urea groups is 1. The van der Waals surface area contributed by atoms with E-state index < -0.39 is 0 Å². The maximum Gasteiger partial charge on any atom is 0.332 e. The molecular formula is C23H28N6O3.